The summed E-state index contributed by atoms with van der Waals surface area (Å²) in [6.45, 7) is 3.40. The molecule has 2 atom stereocenters. The molecule has 0 spiro atoms. The Morgan fingerprint density at radius 1 is 1.48 bits per heavy atom. The van der Waals surface area contributed by atoms with E-state index in [1.807, 2.05) is 6.08 Å². The number of carbonyl (C=O) groups excluding carboxylic acids is 1. The van der Waals surface area contributed by atoms with E-state index in [0.717, 1.165) is 0 Å². The third-order valence-corrected chi connectivity index (χ3v) is 3.19. The van der Waals surface area contributed by atoms with Crippen molar-refractivity contribution >= 4 is 11.8 Å². The van der Waals surface area contributed by atoms with Crippen LogP contribution in [0.4, 0.5) is 4.39 Å². The molecule has 3 rings (SSSR count). The first-order valence-corrected chi connectivity index (χ1v) is 6.49. The minimum Gasteiger partial charge on any atom is -0.467 e. The zero-order valence-electron chi connectivity index (χ0n) is 11.1. The number of amides is 1. The summed E-state index contributed by atoms with van der Waals surface area (Å²) in [5.41, 5.74) is 1.25. The first kappa shape index (κ1) is 13.3. The number of hydrogen-bond acceptors (Lipinski definition) is 3. The molecule has 0 unspecified atom stereocenters. The molecule has 0 fully saturated rings. The molecule has 0 radical (unpaired) electrons. The molecule has 1 aromatic rings. The summed E-state index contributed by atoms with van der Waals surface area (Å²) in [6, 6.07) is 5.87. The van der Waals surface area contributed by atoms with Crippen LogP contribution in [-0.2, 0) is 9.53 Å². The number of carbonyl (C=O) groups is 1. The Balaban J connectivity index is 1.81. The summed E-state index contributed by atoms with van der Waals surface area (Å²) in [5, 5.41) is 2.68. The summed E-state index contributed by atoms with van der Waals surface area (Å²) >= 11 is 0. The van der Waals surface area contributed by atoms with Gasteiger partial charge in [-0.2, -0.15) is 0 Å². The first-order valence-electron chi connectivity index (χ1n) is 6.49. The minimum absolute atomic E-state index is 0.228. The smallest absolute Gasteiger partial charge is 0.247 e. The predicted octanol–water partition coefficient (Wildman–Crippen LogP) is 2.10. The van der Waals surface area contributed by atoms with E-state index in [2.05, 4.69) is 16.9 Å². The van der Waals surface area contributed by atoms with Gasteiger partial charge in [-0.05, 0) is 42.5 Å². The van der Waals surface area contributed by atoms with Crippen LogP contribution in [0.3, 0.4) is 0 Å². The first-order chi connectivity index (χ1) is 10.2. The maximum Gasteiger partial charge on any atom is 0.247 e. The molecule has 0 aromatic heterocycles. The lowest BCUT2D eigenvalue weighted by molar-refractivity contribution is -0.115. The molecule has 5 heteroatoms. The maximum atomic E-state index is 13.2. The van der Waals surface area contributed by atoms with Crippen molar-refractivity contribution < 1.29 is 13.9 Å². The van der Waals surface area contributed by atoms with Crippen molar-refractivity contribution in [3.05, 3.63) is 72.2 Å². The van der Waals surface area contributed by atoms with Gasteiger partial charge in [-0.15, -0.1) is 0 Å². The molecule has 1 N–H and O–H groups in total. The minimum atomic E-state index is -0.335. The number of nitrogens with one attached hydrogen (secondary N) is 1. The van der Waals surface area contributed by atoms with Gasteiger partial charge in [-0.1, -0.05) is 12.6 Å². The molecule has 1 aliphatic carbocycles. The molecular weight excluding hydrogens is 271 g/mol. The molecule has 4 nitrogen and oxygen atoms in total. The number of nitrogens with zero attached hydrogens (tertiary/aromatic N) is 1. The monoisotopic (exact) mass is 284 g/mol. The fraction of sp³-hybridized carbons (Fsp3) is 0.125. The van der Waals surface area contributed by atoms with Gasteiger partial charge in [0.2, 0.25) is 11.8 Å². The van der Waals surface area contributed by atoms with Gasteiger partial charge < -0.3 is 10.1 Å². The molecule has 0 saturated heterocycles. The van der Waals surface area contributed by atoms with E-state index in [9.17, 15) is 9.18 Å². The number of aliphatic imine (C=N–C) groups is 1. The highest BCUT2D eigenvalue weighted by molar-refractivity contribution is 5.96. The Kier molecular flexibility index (Phi) is 3.39. The number of hydrogen-bond donors (Lipinski definition) is 1. The summed E-state index contributed by atoms with van der Waals surface area (Å²) in [6.07, 6.45) is 6.35. The second-order valence-electron chi connectivity index (χ2n) is 4.69. The summed E-state index contributed by atoms with van der Waals surface area (Å²) in [7, 11) is 0. The predicted molar refractivity (Wildman–Crippen MR) is 77.2 cm³/mol. The van der Waals surface area contributed by atoms with Gasteiger partial charge in [0.05, 0.1) is 0 Å². The van der Waals surface area contributed by atoms with Crippen LogP contribution in [0.2, 0.25) is 0 Å². The van der Waals surface area contributed by atoms with Crippen molar-refractivity contribution in [2.24, 2.45) is 4.99 Å². The average Bonchev–Trinajstić information content (AvgIpc) is 2.90. The van der Waals surface area contributed by atoms with Gasteiger partial charge in [0.25, 0.3) is 0 Å². The highest BCUT2D eigenvalue weighted by Crippen LogP contribution is 2.24. The normalized spacial score (nSPS) is 22.7. The number of benzene rings is 1. The number of fused-ring (bicyclic) bond motifs is 1. The second-order valence-corrected chi connectivity index (χ2v) is 4.69. The molecule has 0 bridgehead atoms. The average molecular weight is 284 g/mol. The molecule has 1 amide bonds. The van der Waals surface area contributed by atoms with Gasteiger partial charge in [-0.3, -0.25) is 4.79 Å². The number of rotatable bonds is 3. The quantitative estimate of drug-likeness (QED) is 0.864. The highest BCUT2D eigenvalue weighted by atomic mass is 19.1. The van der Waals surface area contributed by atoms with Crippen LogP contribution in [0.1, 0.15) is 5.56 Å². The largest absolute Gasteiger partial charge is 0.467 e. The third kappa shape index (κ3) is 2.76. The lowest BCUT2D eigenvalue weighted by atomic mass is 10.1. The van der Waals surface area contributed by atoms with E-state index in [-0.39, 0.29) is 23.9 Å². The Morgan fingerprint density at radius 3 is 3.10 bits per heavy atom. The molecule has 21 heavy (non-hydrogen) atoms. The van der Waals surface area contributed by atoms with E-state index in [1.165, 1.54) is 18.2 Å². The Morgan fingerprint density at radius 2 is 2.33 bits per heavy atom. The fourth-order valence-corrected chi connectivity index (χ4v) is 2.20. The van der Waals surface area contributed by atoms with Gasteiger partial charge in [0, 0.05) is 11.3 Å². The van der Waals surface area contributed by atoms with Crippen LogP contribution in [0.15, 0.2) is 65.8 Å². The molecule has 0 saturated carbocycles. The van der Waals surface area contributed by atoms with Gasteiger partial charge in [0.1, 0.15) is 18.0 Å². The summed E-state index contributed by atoms with van der Waals surface area (Å²) < 4.78 is 18.9. The highest BCUT2D eigenvalue weighted by Gasteiger charge is 2.30. The standard InChI is InChI=1S/C16H13FN2O2/c1-2-15(20)18-12-6-7-14-13(9-12)19-16(21-14)10-4-3-5-11(17)8-10/h2-9,13-14H,1H2,(H,18,20)/t13-,14+/m1/s1. The van der Waals surface area contributed by atoms with Crippen molar-refractivity contribution in [3.63, 3.8) is 0 Å². The van der Waals surface area contributed by atoms with Crippen LogP contribution < -0.4 is 5.32 Å². The van der Waals surface area contributed by atoms with E-state index in [0.29, 0.717) is 17.2 Å². The van der Waals surface area contributed by atoms with E-state index >= 15 is 0 Å². The van der Waals surface area contributed by atoms with Gasteiger partial charge in [0.15, 0.2) is 0 Å². The summed E-state index contributed by atoms with van der Waals surface area (Å²) in [4.78, 5) is 15.7. The number of allylic oxidation sites excluding steroid dienone is 1. The molecule has 2 aliphatic rings. The van der Waals surface area contributed by atoms with Crippen molar-refractivity contribution in [2.75, 3.05) is 0 Å². The lowest BCUT2D eigenvalue weighted by Crippen LogP contribution is -2.27. The zero-order valence-corrected chi connectivity index (χ0v) is 11.1. The topological polar surface area (TPSA) is 50.7 Å². The van der Waals surface area contributed by atoms with Crippen molar-refractivity contribution in [3.8, 4) is 0 Å². The lowest BCUT2D eigenvalue weighted by Gasteiger charge is -2.16. The SMILES string of the molecule is C=CC(=O)NC1=C[C@H]2N=C(c3cccc(F)c3)O[C@H]2C=C1. The van der Waals surface area contributed by atoms with Gasteiger partial charge >= 0.3 is 0 Å². The molecule has 1 heterocycles. The van der Waals surface area contributed by atoms with Crippen molar-refractivity contribution in [1.29, 1.82) is 0 Å². The second kappa shape index (κ2) is 5.36. The maximum absolute atomic E-state index is 13.2. The molecular formula is C16H13FN2O2. The van der Waals surface area contributed by atoms with Crippen molar-refractivity contribution in [2.45, 2.75) is 12.1 Å². The third-order valence-electron chi connectivity index (χ3n) is 3.19. The Hall–Kier alpha value is -2.69. The van der Waals surface area contributed by atoms with Crippen LogP contribution >= 0.6 is 0 Å². The van der Waals surface area contributed by atoms with Crippen LogP contribution in [0, 0.1) is 5.82 Å². The number of halogens is 1. The van der Waals surface area contributed by atoms with Crippen LogP contribution in [0.5, 0.6) is 0 Å². The fourth-order valence-electron chi connectivity index (χ4n) is 2.20. The van der Waals surface area contributed by atoms with E-state index in [1.54, 1.807) is 24.3 Å². The van der Waals surface area contributed by atoms with Crippen molar-refractivity contribution in [1.82, 2.24) is 5.32 Å². The zero-order chi connectivity index (χ0) is 14.8. The van der Waals surface area contributed by atoms with E-state index in [4.69, 9.17) is 4.74 Å². The van der Waals surface area contributed by atoms with Crippen LogP contribution in [-0.4, -0.2) is 24.0 Å². The molecule has 1 aromatic carbocycles. The van der Waals surface area contributed by atoms with E-state index < -0.39 is 0 Å². The summed E-state index contributed by atoms with van der Waals surface area (Å²) in [5.74, 6) is -0.210. The Labute approximate surface area is 121 Å². The molecule has 1 aliphatic heterocycles. The molecule has 106 valence electrons. The van der Waals surface area contributed by atoms with Gasteiger partial charge in [-0.25, -0.2) is 9.38 Å². The Bertz CT molecular complexity index is 691. The van der Waals surface area contributed by atoms with Crippen LogP contribution in [0.25, 0.3) is 0 Å². The number of ether oxygens (including phenoxy) is 1.